The van der Waals surface area contributed by atoms with Crippen LogP contribution in [0.3, 0.4) is 0 Å². The summed E-state index contributed by atoms with van der Waals surface area (Å²) in [5.41, 5.74) is 10.8. The zero-order valence-corrected chi connectivity index (χ0v) is 14.1. The number of aliphatic carboxylic acids is 1. The summed E-state index contributed by atoms with van der Waals surface area (Å²) in [6.07, 6.45) is -0.292. The van der Waals surface area contributed by atoms with Gasteiger partial charge in [-0.1, -0.05) is 13.8 Å². The summed E-state index contributed by atoms with van der Waals surface area (Å²) in [5, 5.41) is 13.9. The SMILES string of the molecule is COC(=O)CC[C@H](NC(=O)[C@@H](NC(=O)[C@@H](N)CN)C(C)C)C(=O)O. The van der Waals surface area contributed by atoms with Crippen LogP contribution < -0.4 is 22.1 Å². The molecular formula is C14H26N4O6. The van der Waals surface area contributed by atoms with Crippen molar-refractivity contribution >= 4 is 23.8 Å². The van der Waals surface area contributed by atoms with Crippen molar-refractivity contribution in [2.45, 2.75) is 44.8 Å². The average molecular weight is 346 g/mol. The van der Waals surface area contributed by atoms with E-state index in [1.807, 2.05) is 0 Å². The van der Waals surface area contributed by atoms with Crippen LogP contribution in [0.4, 0.5) is 0 Å². The van der Waals surface area contributed by atoms with Gasteiger partial charge in [0.1, 0.15) is 12.1 Å². The monoisotopic (exact) mass is 346 g/mol. The molecular weight excluding hydrogens is 320 g/mol. The quantitative estimate of drug-likeness (QED) is 0.280. The number of methoxy groups -OCH3 is 1. The fourth-order valence-electron chi connectivity index (χ4n) is 1.79. The third-order valence-electron chi connectivity index (χ3n) is 3.32. The molecule has 0 saturated heterocycles. The second-order valence-corrected chi connectivity index (χ2v) is 5.59. The highest BCUT2D eigenvalue weighted by atomic mass is 16.5. The van der Waals surface area contributed by atoms with Gasteiger partial charge in [-0.25, -0.2) is 4.79 Å². The van der Waals surface area contributed by atoms with Crippen LogP contribution in [0.25, 0.3) is 0 Å². The summed E-state index contributed by atoms with van der Waals surface area (Å²) >= 11 is 0. The fourth-order valence-corrected chi connectivity index (χ4v) is 1.79. The number of amides is 2. The van der Waals surface area contributed by atoms with Crippen LogP contribution in [0.1, 0.15) is 26.7 Å². The minimum atomic E-state index is -1.29. The van der Waals surface area contributed by atoms with Crippen molar-refractivity contribution in [2.75, 3.05) is 13.7 Å². The summed E-state index contributed by atoms with van der Waals surface area (Å²) in [7, 11) is 1.18. The van der Waals surface area contributed by atoms with Gasteiger partial charge in [0.05, 0.1) is 13.2 Å². The number of rotatable bonds is 10. The second-order valence-electron chi connectivity index (χ2n) is 5.59. The van der Waals surface area contributed by atoms with Gasteiger partial charge >= 0.3 is 11.9 Å². The number of carboxylic acids is 1. The van der Waals surface area contributed by atoms with Gasteiger partial charge in [-0.3, -0.25) is 14.4 Å². The first kappa shape index (κ1) is 21.8. The van der Waals surface area contributed by atoms with Crippen LogP contribution >= 0.6 is 0 Å². The molecule has 0 unspecified atom stereocenters. The van der Waals surface area contributed by atoms with Crippen LogP contribution in [0.15, 0.2) is 0 Å². The summed E-state index contributed by atoms with van der Waals surface area (Å²) in [6.45, 7) is 3.28. The number of hydrogen-bond donors (Lipinski definition) is 5. The average Bonchev–Trinajstić information content (AvgIpc) is 2.53. The number of nitrogens with one attached hydrogen (secondary N) is 2. The number of nitrogens with two attached hydrogens (primary N) is 2. The van der Waals surface area contributed by atoms with Crippen molar-refractivity contribution in [3.05, 3.63) is 0 Å². The number of carboxylic acid groups (broad SMARTS) is 1. The third kappa shape index (κ3) is 7.38. The molecule has 0 aliphatic rings. The Morgan fingerprint density at radius 3 is 2.12 bits per heavy atom. The number of hydrogen-bond acceptors (Lipinski definition) is 7. The first-order valence-corrected chi connectivity index (χ1v) is 7.50. The standard InChI is InChI=1S/C14H26N4O6/c1-7(2)11(18-12(20)8(16)6-15)13(21)17-9(14(22)23)4-5-10(19)24-3/h7-9,11H,4-6,15-16H2,1-3H3,(H,17,21)(H,18,20)(H,22,23)/t8-,9-,11-/m0/s1. The topological polar surface area (TPSA) is 174 Å². The summed E-state index contributed by atoms with van der Waals surface area (Å²) in [5.74, 6) is -3.47. The zero-order valence-electron chi connectivity index (χ0n) is 14.1. The van der Waals surface area contributed by atoms with Gasteiger partial charge in [0.25, 0.3) is 0 Å². The van der Waals surface area contributed by atoms with Crippen molar-refractivity contribution in [3.8, 4) is 0 Å². The van der Waals surface area contributed by atoms with Crippen LogP contribution in [-0.4, -0.2) is 60.6 Å². The molecule has 2 amide bonds. The van der Waals surface area contributed by atoms with Crippen LogP contribution in [0.2, 0.25) is 0 Å². The molecule has 0 aromatic carbocycles. The second kappa shape index (κ2) is 10.6. The largest absolute Gasteiger partial charge is 0.480 e. The lowest BCUT2D eigenvalue weighted by Crippen LogP contribution is -2.57. The van der Waals surface area contributed by atoms with Crippen LogP contribution in [0, 0.1) is 5.92 Å². The Kier molecular flexibility index (Phi) is 9.58. The summed E-state index contributed by atoms with van der Waals surface area (Å²) < 4.78 is 4.44. The molecule has 0 bridgehead atoms. The van der Waals surface area contributed by atoms with E-state index in [0.717, 1.165) is 0 Å². The smallest absolute Gasteiger partial charge is 0.326 e. The molecule has 7 N–H and O–H groups in total. The molecule has 3 atom stereocenters. The lowest BCUT2D eigenvalue weighted by atomic mass is 10.0. The molecule has 0 aromatic heterocycles. The van der Waals surface area contributed by atoms with E-state index in [-0.39, 0.29) is 25.3 Å². The summed E-state index contributed by atoms with van der Waals surface area (Å²) in [4.78, 5) is 46.4. The maximum absolute atomic E-state index is 12.3. The van der Waals surface area contributed by atoms with E-state index in [0.29, 0.717) is 0 Å². The van der Waals surface area contributed by atoms with E-state index in [1.165, 1.54) is 7.11 Å². The summed E-state index contributed by atoms with van der Waals surface area (Å²) in [6, 6.07) is -3.22. The van der Waals surface area contributed by atoms with Crippen molar-refractivity contribution < 1.29 is 29.0 Å². The van der Waals surface area contributed by atoms with Crippen molar-refractivity contribution in [3.63, 3.8) is 0 Å². The van der Waals surface area contributed by atoms with E-state index in [9.17, 15) is 19.2 Å². The maximum atomic E-state index is 12.3. The highest BCUT2D eigenvalue weighted by molar-refractivity contribution is 5.92. The maximum Gasteiger partial charge on any atom is 0.326 e. The van der Waals surface area contributed by atoms with Crippen molar-refractivity contribution in [2.24, 2.45) is 17.4 Å². The third-order valence-corrected chi connectivity index (χ3v) is 3.32. The molecule has 0 aliphatic carbocycles. The van der Waals surface area contributed by atoms with E-state index in [1.54, 1.807) is 13.8 Å². The van der Waals surface area contributed by atoms with E-state index >= 15 is 0 Å². The van der Waals surface area contributed by atoms with Gasteiger partial charge in [0.2, 0.25) is 11.8 Å². The molecule has 0 heterocycles. The Hall–Kier alpha value is -2.20. The molecule has 10 nitrogen and oxygen atoms in total. The molecule has 138 valence electrons. The van der Waals surface area contributed by atoms with E-state index < -0.39 is 41.9 Å². The zero-order chi connectivity index (χ0) is 18.9. The predicted molar refractivity (Wildman–Crippen MR) is 84.6 cm³/mol. The number of ether oxygens (including phenoxy) is 1. The Balaban J connectivity index is 4.91. The first-order valence-electron chi connectivity index (χ1n) is 7.50. The fraction of sp³-hybridized carbons (Fsp3) is 0.714. The minimum absolute atomic E-state index is 0.0881. The molecule has 24 heavy (non-hydrogen) atoms. The van der Waals surface area contributed by atoms with E-state index in [4.69, 9.17) is 16.6 Å². The molecule has 0 radical (unpaired) electrons. The van der Waals surface area contributed by atoms with Gasteiger partial charge < -0.3 is 31.9 Å². The van der Waals surface area contributed by atoms with Gasteiger partial charge in [-0.2, -0.15) is 0 Å². The molecule has 0 spiro atoms. The highest BCUT2D eigenvalue weighted by Gasteiger charge is 2.29. The Morgan fingerprint density at radius 1 is 1.12 bits per heavy atom. The van der Waals surface area contributed by atoms with Crippen LogP contribution in [0.5, 0.6) is 0 Å². The molecule has 0 fully saturated rings. The molecule has 0 rings (SSSR count). The van der Waals surface area contributed by atoms with Gasteiger partial charge in [-0.15, -0.1) is 0 Å². The number of carbonyl (C=O) groups excluding carboxylic acids is 3. The molecule has 0 aliphatic heterocycles. The van der Waals surface area contributed by atoms with Crippen LogP contribution in [-0.2, 0) is 23.9 Å². The Morgan fingerprint density at radius 2 is 1.71 bits per heavy atom. The van der Waals surface area contributed by atoms with Crippen molar-refractivity contribution in [1.82, 2.24) is 10.6 Å². The number of carbonyl (C=O) groups is 4. The van der Waals surface area contributed by atoms with Crippen molar-refractivity contribution in [1.29, 1.82) is 0 Å². The number of esters is 1. The lowest BCUT2D eigenvalue weighted by Gasteiger charge is -2.25. The van der Waals surface area contributed by atoms with Gasteiger partial charge in [0.15, 0.2) is 0 Å². The molecule has 10 heteroatoms. The first-order chi connectivity index (χ1) is 11.1. The van der Waals surface area contributed by atoms with Gasteiger partial charge in [-0.05, 0) is 12.3 Å². The highest BCUT2D eigenvalue weighted by Crippen LogP contribution is 2.05. The minimum Gasteiger partial charge on any atom is -0.480 e. The molecule has 0 aromatic rings. The predicted octanol–water partition coefficient (Wildman–Crippen LogP) is -2.06. The Bertz CT molecular complexity index is 468. The Labute approximate surface area is 140 Å². The molecule has 0 saturated carbocycles. The van der Waals surface area contributed by atoms with Gasteiger partial charge in [0, 0.05) is 13.0 Å². The van der Waals surface area contributed by atoms with E-state index in [2.05, 4.69) is 15.4 Å². The lowest BCUT2D eigenvalue weighted by molar-refractivity contribution is -0.144. The normalized spacial score (nSPS) is 14.4.